The van der Waals surface area contributed by atoms with E-state index in [0.29, 0.717) is 19.3 Å². The number of carbonyl (C=O) groups is 3. The van der Waals surface area contributed by atoms with Crippen LogP contribution in [0.3, 0.4) is 0 Å². The van der Waals surface area contributed by atoms with E-state index in [1.165, 1.54) is 238 Å². The SMILES string of the molecule is CCCCCCCCCCCCCCCCCCCCCC(=O)O[C@@H](COC(=O)CCCCCCCCCCC)COC(=O)CCCCCCCCCCCCCCCCCCCC. The van der Waals surface area contributed by atoms with Gasteiger partial charge in [0.2, 0.25) is 0 Å². The zero-order valence-electron chi connectivity index (χ0n) is 43.6. The average molecular weight is 906 g/mol. The van der Waals surface area contributed by atoms with Crippen LogP contribution in [-0.4, -0.2) is 37.2 Å². The first kappa shape index (κ1) is 62.4. The topological polar surface area (TPSA) is 78.9 Å². The van der Waals surface area contributed by atoms with E-state index in [1.54, 1.807) is 0 Å². The third-order valence-corrected chi connectivity index (χ3v) is 13.4. The molecule has 0 aliphatic rings. The second-order valence-corrected chi connectivity index (χ2v) is 19.9. The second-order valence-electron chi connectivity index (χ2n) is 19.9. The van der Waals surface area contributed by atoms with Gasteiger partial charge in [-0.05, 0) is 19.3 Å². The molecule has 0 saturated heterocycles. The maximum atomic E-state index is 12.8. The Morgan fingerprint density at radius 3 is 0.625 bits per heavy atom. The van der Waals surface area contributed by atoms with Crippen molar-refractivity contribution in [2.45, 2.75) is 341 Å². The molecule has 0 amide bonds. The van der Waals surface area contributed by atoms with E-state index in [2.05, 4.69) is 20.8 Å². The number of ether oxygens (including phenoxy) is 3. The Hall–Kier alpha value is -1.59. The molecule has 0 N–H and O–H groups in total. The highest BCUT2D eigenvalue weighted by Gasteiger charge is 2.19. The summed E-state index contributed by atoms with van der Waals surface area (Å²) < 4.78 is 16.8. The molecule has 0 spiro atoms. The predicted octanol–water partition coefficient (Wildman–Crippen LogP) is 19.2. The lowest BCUT2D eigenvalue weighted by molar-refractivity contribution is -0.167. The van der Waals surface area contributed by atoms with Crippen LogP contribution >= 0.6 is 0 Å². The van der Waals surface area contributed by atoms with E-state index in [-0.39, 0.29) is 31.1 Å². The minimum Gasteiger partial charge on any atom is -0.462 e. The molecule has 0 rings (SSSR count). The minimum absolute atomic E-state index is 0.0614. The number of esters is 3. The van der Waals surface area contributed by atoms with Gasteiger partial charge in [-0.15, -0.1) is 0 Å². The van der Waals surface area contributed by atoms with Crippen molar-refractivity contribution in [3.05, 3.63) is 0 Å². The summed E-state index contributed by atoms with van der Waals surface area (Å²) >= 11 is 0. The molecule has 0 fully saturated rings. The molecule has 0 radical (unpaired) electrons. The van der Waals surface area contributed by atoms with Gasteiger partial charge in [0.25, 0.3) is 0 Å². The van der Waals surface area contributed by atoms with E-state index in [9.17, 15) is 14.4 Å². The van der Waals surface area contributed by atoms with Gasteiger partial charge in [0.05, 0.1) is 0 Å². The smallest absolute Gasteiger partial charge is 0.306 e. The number of unbranched alkanes of at least 4 members (excludes halogenated alkanes) is 43. The fourth-order valence-electron chi connectivity index (χ4n) is 8.98. The van der Waals surface area contributed by atoms with Crippen molar-refractivity contribution in [3.63, 3.8) is 0 Å². The molecule has 0 saturated carbocycles. The number of rotatable bonds is 54. The van der Waals surface area contributed by atoms with Crippen molar-refractivity contribution in [2.24, 2.45) is 0 Å². The Morgan fingerprint density at radius 1 is 0.250 bits per heavy atom. The van der Waals surface area contributed by atoms with Crippen LogP contribution in [0.1, 0.15) is 335 Å². The zero-order valence-corrected chi connectivity index (χ0v) is 43.6. The molecule has 64 heavy (non-hydrogen) atoms. The number of carbonyl (C=O) groups excluding carboxylic acids is 3. The molecule has 0 aromatic carbocycles. The van der Waals surface area contributed by atoms with Crippen LogP contribution in [0.2, 0.25) is 0 Å². The molecule has 0 heterocycles. The fourth-order valence-corrected chi connectivity index (χ4v) is 8.98. The lowest BCUT2D eigenvalue weighted by atomic mass is 10.0. The van der Waals surface area contributed by atoms with Crippen LogP contribution in [-0.2, 0) is 28.6 Å². The van der Waals surface area contributed by atoms with Crippen molar-refractivity contribution in [1.82, 2.24) is 0 Å². The largest absolute Gasteiger partial charge is 0.462 e. The Balaban J connectivity index is 4.19. The summed E-state index contributed by atoms with van der Waals surface area (Å²) in [6, 6.07) is 0. The van der Waals surface area contributed by atoms with Gasteiger partial charge in [-0.1, -0.05) is 297 Å². The van der Waals surface area contributed by atoms with Gasteiger partial charge in [-0.25, -0.2) is 0 Å². The highest BCUT2D eigenvalue weighted by molar-refractivity contribution is 5.71. The van der Waals surface area contributed by atoms with Crippen molar-refractivity contribution in [1.29, 1.82) is 0 Å². The maximum Gasteiger partial charge on any atom is 0.306 e. The van der Waals surface area contributed by atoms with Crippen molar-refractivity contribution >= 4 is 17.9 Å². The highest BCUT2D eigenvalue weighted by Crippen LogP contribution is 2.18. The quantitative estimate of drug-likeness (QED) is 0.0344. The summed E-state index contributed by atoms with van der Waals surface area (Å²) in [6.07, 6.45) is 59.6. The predicted molar refractivity (Wildman–Crippen MR) is 275 cm³/mol. The Kier molecular flexibility index (Phi) is 52.7. The van der Waals surface area contributed by atoms with Crippen LogP contribution in [0.4, 0.5) is 0 Å². The summed E-state index contributed by atoms with van der Waals surface area (Å²) in [7, 11) is 0. The van der Waals surface area contributed by atoms with E-state index in [0.717, 1.165) is 57.8 Å². The van der Waals surface area contributed by atoms with Gasteiger partial charge in [0, 0.05) is 19.3 Å². The van der Waals surface area contributed by atoms with Crippen LogP contribution < -0.4 is 0 Å². The zero-order chi connectivity index (χ0) is 46.5. The van der Waals surface area contributed by atoms with E-state index in [4.69, 9.17) is 14.2 Å². The molecule has 0 aliphatic carbocycles. The summed E-state index contributed by atoms with van der Waals surface area (Å²) in [6.45, 7) is 6.69. The maximum absolute atomic E-state index is 12.8. The molecular weight excluding hydrogens is 793 g/mol. The molecule has 0 aromatic heterocycles. The standard InChI is InChI=1S/C58H112O6/c1-4-7-10-13-16-19-21-23-25-27-29-31-33-35-37-40-43-46-49-52-58(61)64-55(53-62-56(59)50-47-44-41-38-18-15-12-9-6-3)54-63-57(60)51-48-45-42-39-36-34-32-30-28-26-24-22-20-17-14-11-8-5-2/h55H,4-54H2,1-3H3/t55-/m0/s1. The van der Waals surface area contributed by atoms with Gasteiger partial charge in [0.15, 0.2) is 6.10 Å². The summed E-state index contributed by atoms with van der Waals surface area (Å²) in [5, 5.41) is 0. The molecule has 6 nitrogen and oxygen atoms in total. The first-order valence-electron chi connectivity index (χ1n) is 29.0. The van der Waals surface area contributed by atoms with Gasteiger partial charge >= 0.3 is 17.9 Å². The molecule has 0 unspecified atom stereocenters. The van der Waals surface area contributed by atoms with Crippen LogP contribution in [0.5, 0.6) is 0 Å². The molecule has 0 aromatic rings. The molecule has 1 atom stereocenters. The Labute approximate surface area is 399 Å². The average Bonchev–Trinajstić information content (AvgIpc) is 3.29. The minimum atomic E-state index is -0.760. The van der Waals surface area contributed by atoms with Gasteiger partial charge in [-0.2, -0.15) is 0 Å². The first-order valence-corrected chi connectivity index (χ1v) is 29.0. The van der Waals surface area contributed by atoms with Crippen LogP contribution in [0.15, 0.2) is 0 Å². The normalized spacial score (nSPS) is 11.9. The third-order valence-electron chi connectivity index (χ3n) is 13.4. The monoisotopic (exact) mass is 905 g/mol. The van der Waals surface area contributed by atoms with Crippen molar-refractivity contribution in [2.75, 3.05) is 13.2 Å². The first-order chi connectivity index (χ1) is 31.5. The molecular formula is C58H112O6. The summed E-state index contributed by atoms with van der Waals surface area (Å²) in [4.78, 5) is 38.0. The highest BCUT2D eigenvalue weighted by atomic mass is 16.6. The van der Waals surface area contributed by atoms with Crippen molar-refractivity contribution < 1.29 is 28.6 Å². The van der Waals surface area contributed by atoms with E-state index in [1.807, 2.05) is 0 Å². The van der Waals surface area contributed by atoms with E-state index >= 15 is 0 Å². The molecule has 380 valence electrons. The number of hydrogen-bond acceptors (Lipinski definition) is 6. The van der Waals surface area contributed by atoms with E-state index < -0.39 is 6.10 Å². The fraction of sp³-hybridized carbons (Fsp3) is 0.948. The number of hydrogen-bond donors (Lipinski definition) is 0. The summed E-state index contributed by atoms with van der Waals surface area (Å²) in [5.74, 6) is -0.836. The van der Waals surface area contributed by atoms with Gasteiger partial charge < -0.3 is 14.2 Å². The Morgan fingerprint density at radius 2 is 0.422 bits per heavy atom. The summed E-state index contributed by atoms with van der Waals surface area (Å²) in [5.41, 5.74) is 0. The van der Waals surface area contributed by atoms with Gasteiger partial charge in [-0.3, -0.25) is 14.4 Å². The lowest BCUT2D eigenvalue weighted by Crippen LogP contribution is -2.30. The Bertz CT molecular complexity index is 951. The van der Waals surface area contributed by atoms with Crippen molar-refractivity contribution in [3.8, 4) is 0 Å². The molecule has 0 bridgehead atoms. The molecule has 0 aliphatic heterocycles. The van der Waals surface area contributed by atoms with Crippen LogP contribution in [0, 0.1) is 0 Å². The second kappa shape index (κ2) is 54.0. The lowest BCUT2D eigenvalue weighted by Gasteiger charge is -2.18. The van der Waals surface area contributed by atoms with Gasteiger partial charge in [0.1, 0.15) is 13.2 Å². The molecule has 6 heteroatoms. The van der Waals surface area contributed by atoms with Crippen LogP contribution in [0.25, 0.3) is 0 Å². The third kappa shape index (κ3) is 51.4.